The lowest BCUT2D eigenvalue weighted by Gasteiger charge is -2.13. The molecule has 0 atom stereocenters. The SMILES string of the molecule is CCOc1ccc(C(=O)NNC(=O)c2cc(C)ccc2OC)cc1OC. The van der Waals surface area contributed by atoms with Crippen LogP contribution >= 0.6 is 0 Å². The summed E-state index contributed by atoms with van der Waals surface area (Å²) in [5, 5.41) is 0. The maximum atomic E-state index is 12.3. The number of rotatable bonds is 6. The lowest BCUT2D eigenvalue weighted by Crippen LogP contribution is -2.41. The fourth-order valence-corrected chi connectivity index (χ4v) is 2.34. The first-order valence-electron chi connectivity index (χ1n) is 8.06. The number of hydrogen-bond donors (Lipinski definition) is 2. The topological polar surface area (TPSA) is 85.9 Å². The molecule has 2 aromatic carbocycles. The van der Waals surface area contributed by atoms with E-state index in [4.69, 9.17) is 14.2 Å². The fraction of sp³-hybridized carbons (Fsp3) is 0.263. The normalized spacial score (nSPS) is 10.0. The maximum absolute atomic E-state index is 12.3. The van der Waals surface area contributed by atoms with Crippen molar-refractivity contribution in [3.05, 3.63) is 53.1 Å². The van der Waals surface area contributed by atoms with Crippen LogP contribution < -0.4 is 25.1 Å². The minimum Gasteiger partial charge on any atom is -0.496 e. The number of carbonyl (C=O) groups excluding carboxylic acids is 2. The number of hydrogen-bond acceptors (Lipinski definition) is 5. The van der Waals surface area contributed by atoms with E-state index in [0.29, 0.717) is 35.0 Å². The highest BCUT2D eigenvalue weighted by Crippen LogP contribution is 2.28. The smallest absolute Gasteiger partial charge is 0.273 e. The van der Waals surface area contributed by atoms with E-state index in [-0.39, 0.29) is 0 Å². The van der Waals surface area contributed by atoms with Gasteiger partial charge in [-0.25, -0.2) is 0 Å². The zero-order valence-electron chi connectivity index (χ0n) is 15.2. The number of carbonyl (C=O) groups is 2. The van der Waals surface area contributed by atoms with Crippen LogP contribution in [-0.4, -0.2) is 32.6 Å². The Morgan fingerprint density at radius 1 is 0.885 bits per heavy atom. The number of nitrogens with one attached hydrogen (secondary N) is 2. The van der Waals surface area contributed by atoms with Crippen LogP contribution in [0.1, 0.15) is 33.2 Å². The molecule has 26 heavy (non-hydrogen) atoms. The predicted octanol–water partition coefficient (Wildman–Crippen LogP) is 2.49. The van der Waals surface area contributed by atoms with Crippen molar-refractivity contribution in [3.8, 4) is 17.2 Å². The summed E-state index contributed by atoms with van der Waals surface area (Å²) in [6, 6.07) is 9.98. The highest BCUT2D eigenvalue weighted by Gasteiger charge is 2.15. The molecule has 0 spiro atoms. The molecule has 0 aromatic heterocycles. The fourth-order valence-electron chi connectivity index (χ4n) is 2.34. The van der Waals surface area contributed by atoms with Crippen LogP contribution in [0.25, 0.3) is 0 Å². The number of methoxy groups -OCH3 is 2. The molecule has 0 aliphatic heterocycles. The Balaban J connectivity index is 2.09. The highest BCUT2D eigenvalue weighted by atomic mass is 16.5. The first-order valence-corrected chi connectivity index (χ1v) is 8.06. The first-order chi connectivity index (χ1) is 12.5. The Morgan fingerprint density at radius 2 is 1.54 bits per heavy atom. The van der Waals surface area contributed by atoms with Crippen LogP contribution in [-0.2, 0) is 0 Å². The molecule has 2 N–H and O–H groups in total. The van der Waals surface area contributed by atoms with Crippen LogP contribution in [0, 0.1) is 6.92 Å². The van der Waals surface area contributed by atoms with E-state index in [0.717, 1.165) is 5.56 Å². The van der Waals surface area contributed by atoms with E-state index in [2.05, 4.69) is 10.9 Å². The molecule has 0 bridgehead atoms. The Morgan fingerprint density at radius 3 is 2.19 bits per heavy atom. The molecule has 0 radical (unpaired) electrons. The van der Waals surface area contributed by atoms with Gasteiger partial charge in [0, 0.05) is 5.56 Å². The Kier molecular flexibility index (Phi) is 6.43. The van der Waals surface area contributed by atoms with Crippen LogP contribution in [0.15, 0.2) is 36.4 Å². The van der Waals surface area contributed by atoms with E-state index >= 15 is 0 Å². The van der Waals surface area contributed by atoms with Gasteiger partial charge < -0.3 is 14.2 Å². The molecular formula is C19H22N2O5. The van der Waals surface area contributed by atoms with Gasteiger partial charge in [0.2, 0.25) is 0 Å². The van der Waals surface area contributed by atoms with E-state index in [9.17, 15) is 9.59 Å². The number of aryl methyl sites for hydroxylation is 1. The molecule has 2 rings (SSSR count). The van der Waals surface area contributed by atoms with Gasteiger partial charge in [-0.05, 0) is 44.2 Å². The lowest BCUT2D eigenvalue weighted by molar-refractivity contribution is 0.0844. The van der Waals surface area contributed by atoms with Gasteiger partial charge in [0.1, 0.15) is 5.75 Å². The van der Waals surface area contributed by atoms with Gasteiger partial charge in [-0.1, -0.05) is 11.6 Å². The molecule has 0 heterocycles. The largest absolute Gasteiger partial charge is 0.496 e. The van der Waals surface area contributed by atoms with Crippen LogP contribution in [0.5, 0.6) is 17.2 Å². The third kappa shape index (κ3) is 4.44. The summed E-state index contributed by atoms with van der Waals surface area (Å²) in [7, 11) is 2.97. The van der Waals surface area contributed by atoms with Crippen LogP contribution in [0.2, 0.25) is 0 Å². The third-order valence-electron chi connectivity index (χ3n) is 3.61. The van der Waals surface area contributed by atoms with E-state index in [1.165, 1.54) is 14.2 Å². The molecule has 7 nitrogen and oxygen atoms in total. The van der Waals surface area contributed by atoms with Gasteiger partial charge in [0.05, 0.1) is 26.4 Å². The summed E-state index contributed by atoms with van der Waals surface area (Å²) < 4.78 is 15.8. The number of hydrazine groups is 1. The second-order valence-electron chi connectivity index (χ2n) is 5.41. The second-order valence-corrected chi connectivity index (χ2v) is 5.41. The summed E-state index contributed by atoms with van der Waals surface area (Å²) in [6.45, 7) is 4.20. The van der Waals surface area contributed by atoms with Crippen molar-refractivity contribution in [1.29, 1.82) is 0 Å². The molecular weight excluding hydrogens is 336 g/mol. The monoisotopic (exact) mass is 358 g/mol. The summed E-state index contributed by atoms with van der Waals surface area (Å²) in [5.41, 5.74) is 6.32. The average Bonchev–Trinajstić information content (AvgIpc) is 2.66. The molecule has 7 heteroatoms. The summed E-state index contributed by atoms with van der Waals surface area (Å²) in [4.78, 5) is 24.6. The zero-order chi connectivity index (χ0) is 19.1. The molecule has 0 saturated heterocycles. The molecule has 0 saturated carbocycles. The highest BCUT2D eigenvalue weighted by molar-refractivity contribution is 6.00. The van der Waals surface area contributed by atoms with Gasteiger partial charge in [0.25, 0.3) is 11.8 Å². The molecule has 0 aliphatic rings. The van der Waals surface area contributed by atoms with E-state index in [1.807, 2.05) is 19.9 Å². The molecule has 2 aromatic rings. The van der Waals surface area contributed by atoms with Gasteiger partial charge in [0.15, 0.2) is 11.5 Å². The molecule has 0 aliphatic carbocycles. The Hall–Kier alpha value is -3.22. The summed E-state index contributed by atoms with van der Waals surface area (Å²) in [5.74, 6) is 0.444. The standard InChI is InChI=1S/C19H22N2O5/c1-5-26-16-9-7-13(11-17(16)25-4)18(22)20-21-19(23)14-10-12(2)6-8-15(14)24-3/h6-11H,5H2,1-4H3,(H,20,22)(H,21,23). The molecule has 138 valence electrons. The third-order valence-corrected chi connectivity index (χ3v) is 3.61. The quantitative estimate of drug-likeness (QED) is 0.775. The number of ether oxygens (including phenoxy) is 3. The molecule has 2 amide bonds. The Bertz CT molecular complexity index is 805. The van der Waals surface area contributed by atoms with Gasteiger partial charge in [-0.2, -0.15) is 0 Å². The van der Waals surface area contributed by atoms with Crippen LogP contribution in [0.4, 0.5) is 0 Å². The van der Waals surface area contributed by atoms with Crippen molar-refractivity contribution in [2.24, 2.45) is 0 Å². The predicted molar refractivity (Wildman–Crippen MR) is 96.8 cm³/mol. The van der Waals surface area contributed by atoms with Crippen LogP contribution in [0.3, 0.4) is 0 Å². The summed E-state index contributed by atoms with van der Waals surface area (Å²) in [6.07, 6.45) is 0. The number of benzene rings is 2. The number of amides is 2. The van der Waals surface area contributed by atoms with Crippen molar-refractivity contribution < 1.29 is 23.8 Å². The van der Waals surface area contributed by atoms with E-state index in [1.54, 1.807) is 30.3 Å². The Labute approximate surface area is 152 Å². The minimum atomic E-state index is -0.480. The first kappa shape index (κ1) is 19.1. The minimum absolute atomic E-state index is 0.321. The van der Waals surface area contributed by atoms with E-state index < -0.39 is 11.8 Å². The van der Waals surface area contributed by atoms with Crippen molar-refractivity contribution in [2.45, 2.75) is 13.8 Å². The van der Waals surface area contributed by atoms with Crippen molar-refractivity contribution in [2.75, 3.05) is 20.8 Å². The van der Waals surface area contributed by atoms with Crippen molar-refractivity contribution in [3.63, 3.8) is 0 Å². The second kappa shape index (κ2) is 8.75. The van der Waals surface area contributed by atoms with Crippen molar-refractivity contribution in [1.82, 2.24) is 10.9 Å². The van der Waals surface area contributed by atoms with Gasteiger partial charge >= 0.3 is 0 Å². The average molecular weight is 358 g/mol. The van der Waals surface area contributed by atoms with Gasteiger partial charge in [-0.3, -0.25) is 20.4 Å². The summed E-state index contributed by atoms with van der Waals surface area (Å²) >= 11 is 0. The molecule has 0 unspecified atom stereocenters. The van der Waals surface area contributed by atoms with Gasteiger partial charge in [-0.15, -0.1) is 0 Å². The zero-order valence-corrected chi connectivity index (χ0v) is 15.2. The molecule has 0 fully saturated rings. The maximum Gasteiger partial charge on any atom is 0.273 e. The lowest BCUT2D eigenvalue weighted by atomic mass is 10.1. The van der Waals surface area contributed by atoms with Crippen molar-refractivity contribution >= 4 is 11.8 Å².